The van der Waals surface area contributed by atoms with Gasteiger partial charge in [-0.2, -0.15) is 0 Å². The van der Waals surface area contributed by atoms with E-state index in [0.29, 0.717) is 12.1 Å². The maximum absolute atomic E-state index is 11.9. The van der Waals surface area contributed by atoms with Crippen molar-refractivity contribution in [2.45, 2.75) is 26.7 Å². The average Bonchev–Trinajstić information content (AvgIpc) is 3.02. The molecule has 0 aromatic heterocycles. The van der Waals surface area contributed by atoms with Crippen LogP contribution in [-0.4, -0.2) is 26.2 Å². The van der Waals surface area contributed by atoms with Crippen molar-refractivity contribution < 1.29 is 13.2 Å². The number of sulfonamides is 1. The molecule has 0 unspecified atom stereocenters. The largest absolute Gasteiger partial charge is 0.497 e. The third-order valence-electron chi connectivity index (χ3n) is 4.99. The number of nitrogens with one attached hydrogen (secondary N) is 1. The molecule has 0 aromatic carbocycles. The molecule has 2 aliphatic carbocycles. The minimum absolute atomic E-state index is 0.0421. The van der Waals surface area contributed by atoms with Crippen molar-refractivity contribution >= 4 is 10.0 Å². The topological polar surface area (TPSA) is 58.6 Å². The molecule has 2 bridgehead atoms. The van der Waals surface area contributed by atoms with E-state index >= 15 is 0 Å². The SMILES string of the molecule is C=CN1C2=CC(OC)=CC=C(C2)C(C)=C1C1=CC=C(NS(=O)(=O)CC)C=CC1. The molecule has 0 atom stereocenters. The fourth-order valence-corrected chi connectivity index (χ4v) is 4.08. The van der Waals surface area contributed by atoms with Gasteiger partial charge in [0, 0.05) is 30.1 Å². The fourth-order valence-electron chi connectivity index (χ4n) is 3.44. The number of allylic oxidation sites excluding steroid dienone is 10. The molecule has 1 N–H and O–H groups in total. The number of nitrogens with zero attached hydrogens (tertiary/aromatic N) is 1. The highest BCUT2D eigenvalue weighted by Gasteiger charge is 2.27. The van der Waals surface area contributed by atoms with Crippen molar-refractivity contribution in [3.8, 4) is 0 Å². The Morgan fingerprint density at radius 1 is 1.25 bits per heavy atom. The van der Waals surface area contributed by atoms with Gasteiger partial charge in [0.2, 0.25) is 10.0 Å². The molecule has 3 aliphatic rings. The first-order valence-corrected chi connectivity index (χ1v) is 10.9. The van der Waals surface area contributed by atoms with Crippen LogP contribution in [0.1, 0.15) is 26.7 Å². The number of rotatable bonds is 6. The van der Waals surface area contributed by atoms with Crippen LogP contribution in [0.5, 0.6) is 0 Å². The van der Waals surface area contributed by atoms with Crippen LogP contribution in [0.3, 0.4) is 0 Å². The summed E-state index contributed by atoms with van der Waals surface area (Å²) in [6.45, 7) is 7.74. The Balaban J connectivity index is 2.03. The first-order valence-electron chi connectivity index (χ1n) is 9.25. The molecule has 0 spiro atoms. The number of methoxy groups -OCH3 is 1. The lowest BCUT2D eigenvalue weighted by molar-refractivity contribution is 0.305. The predicted octanol–water partition coefficient (Wildman–Crippen LogP) is 4.17. The highest BCUT2D eigenvalue weighted by Crippen LogP contribution is 2.40. The predicted molar refractivity (Wildman–Crippen MR) is 113 cm³/mol. The van der Waals surface area contributed by atoms with Gasteiger partial charge in [0.05, 0.1) is 18.6 Å². The van der Waals surface area contributed by atoms with Crippen LogP contribution in [0.4, 0.5) is 0 Å². The van der Waals surface area contributed by atoms with Gasteiger partial charge in [0.1, 0.15) is 5.76 Å². The van der Waals surface area contributed by atoms with Crippen LogP contribution in [0.15, 0.2) is 94.9 Å². The quantitative estimate of drug-likeness (QED) is 0.729. The number of hydrogen-bond acceptors (Lipinski definition) is 4. The molecule has 0 radical (unpaired) electrons. The summed E-state index contributed by atoms with van der Waals surface area (Å²) in [7, 11) is -1.64. The van der Waals surface area contributed by atoms with E-state index in [1.807, 2.05) is 42.7 Å². The van der Waals surface area contributed by atoms with Crippen molar-refractivity contribution in [1.82, 2.24) is 9.62 Å². The third kappa shape index (κ3) is 4.07. The minimum atomic E-state index is -3.31. The van der Waals surface area contributed by atoms with E-state index < -0.39 is 10.0 Å². The molecule has 0 saturated carbocycles. The summed E-state index contributed by atoms with van der Waals surface area (Å²) >= 11 is 0. The van der Waals surface area contributed by atoms with Crippen molar-refractivity contribution in [2.24, 2.45) is 0 Å². The molecule has 6 heteroatoms. The van der Waals surface area contributed by atoms with E-state index in [2.05, 4.69) is 29.2 Å². The number of ether oxygens (including phenoxy) is 1. The second-order valence-corrected chi connectivity index (χ2v) is 8.74. The van der Waals surface area contributed by atoms with Crippen molar-refractivity contribution in [3.63, 3.8) is 0 Å². The zero-order valence-electron chi connectivity index (χ0n) is 16.5. The summed E-state index contributed by atoms with van der Waals surface area (Å²) in [6.07, 6.45) is 17.0. The van der Waals surface area contributed by atoms with Crippen molar-refractivity contribution in [1.29, 1.82) is 0 Å². The first kappa shape index (κ1) is 20.0. The summed E-state index contributed by atoms with van der Waals surface area (Å²) in [6, 6.07) is 0. The smallest absolute Gasteiger partial charge is 0.232 e. The van der Waals surface area contributed by atoms with Crippen molar-refractivity contribution in [2.75, 3.05) is 12.9 Å². The lowest BCUT2D eigenvalue weighted by Gasteiger charge is -2.34. The van der Waals surface area contributed by atoms with Crippen LogP contribution >= 0.6 is 0 Å². The molecule has 148 valence electrons. The molecule has 5 nitrogen and oxygen atoms in total. The number of hydrogen-bond donors (Lipinski definition) is 1. The summed E-state index contributed by atoms with van der Waals surface area (Å²) in [5.41, 5.74) is 6.24. The summed E-state index contributed by atoms with van der Waals surface area (Å²) in [5.74, 6) is 0.845. The first-order chi connectivity index (χ1) is 13.4. The summed E-state index contributed by atoms with van der Waals surface area (Å²) in [4.78, 5) is 2.10. The van der Waals surface area contributed by atoms with Crippen LogP contribution in [0, 0.1) is 0 Å². The van der Waals surface area contributed by atoms with Gasteiger partial charge in [-0.25, -0.2) is 8.42 Å². The third-order valence-corrected chi connectivity index (χ3v) is 6.30. The second kappa shape index (κ2) is 8.10. The lowest BCUT2D eigenvalue weighted by atomic mass is 9.90. The fraction of sp³-hybridized carbons (Fsp3) is 0.273. The van der Waals surface area contributed by atoms with Gasteiger partial charge in [-0.15, -0.1) is 0 Å². The van der Waals surface area contributed by atoms with E-state index in [1.54, 1.807) is 14.0 Å². The zero-order valence-corrected chi connectivity index (χ0v) is 17.3. The van der Waals surface area contributed by atoms with Crippen LogP contribution < -0.4 is 4.72 Å². The Kier molecular flexibility index (Phi) is 5.79. The molecular formula is C22H26N2O3S. The molecule has 1 aliphatic heterocycles. The van der Waals surface area contributed by atoms with Crippen LogP contribution in [0.2, 0.25) is 0 Å². The average molecular weight is 399 g/mol. The Morgan fingerprint density at radius 2 is 2.00 bits per heavy atom. The monoisotopic (exact) mass is 398 g/mol. The standard InChI is InChI=1S/C22H26N2O3S/c1-5-24-20-14-18(11-13-21(15-20)27-4)16(3)22(24)17-8-7-9-19(12-10-17)23-28(25,26)6-2/h5,7,9-13,15,23H,1,6,8,14H2,2-4H3. The normalized spacial score (nSPS) is 19.5. The molecular weight excluding hydrogens is 372 g/mol. The molecule has 0 amide bonds. The van der Waals surface area contributed by atoms with Gasteiger partial charge >= 0.3 is 0 Å². The van der Waals surface area contributed by atoms with Gasteiger partial charge in [0.25, 0.3) is 0 Å². The van der Waals surface area contributed by atoms with Crippen LogP contribution in [-0.2, 0) is 14.8 Å². The van der Waals surface area contributed by atoms with E-state index in [1.165, 1.54) is 11.1 Å². The van der Waals surface area contributed by atoms with E-state index in [0.717, 1.165) is 29.1 Å². The second-order valence-electron chi connectivity index (χ2n) is 6.73. The Bertz CT molecular complexity index is 1000. The number of fused-ring (bicyclic) bond motifs is 2. The summed E-state index contributed by atoms with van der Waals surface area (Å²) in [5, 5.41) is 0. The molecule has 0 fully saturated rings. The molecule has 1 heterocycles. The Morgan fingerprint density at radius 3 is 2.68 bits per heavy atom. The van der Waals surface area contributed by atoms with Gasteiger partial charge < -0.3 is 9.64 Å². The van der Waals surface area contributed by atoms with E-state index in [9.17, 15) is 8.42 Å². The van der Waals surface area contributed by atoms with Gasteiger partial charge in [-0.3, -0.25) is 4.72 Å². The summed E-state index contributed by atoms with van der Waals surface area (Å²) < 4.78 is 31.8. The molecule has 3 rings (SSSR count). The van der Waals surface area contributed by atoms with Crippen molar-refractivity contribution in [3.05, 3.63) is 94.9 Å². The Hall–Kier alpha value is -2.73. The van der Waals surface area contributed by atoms with Gasteiger partial charge in [-0.05, 0) is 55.2 Å². The lowest BCUT2D eigenvalue weighted by Crippen LogP contribution is -2.24. The maximum Gasteiger partial charge on any atom is 0.232 e. The van der Waals surface area contributed by atoms with Gasteiger partial charge in [0.15, 0.2) is 0 Å². The van der Waals surface area contributed by atoms with Crippen LogP contribution in [0.25, 0.3) is 0 Å². The maximum atomic E-state index is 11.9. The van der Waals surface area contributed by atoms with E-state index in [4.69, 9.17) is 4.74 Å². The van der Waals surface area contributed by atoms with Gasteiger partial charge in [-0.1, -0.05) is 24.8 Å². The highest BCUT2D eigenvalue weighted by atomic mass is 32.2. The molecule has 28 heavy (non-hydrogen) atoms. The van der Waals surface area contributed by atoms with E-state index in [-0.39, 0.29) is 5.75 Å². The Labute approximate surface area is 167 Å². The molecule has 0 aromatic rings. The zero-order chi connectivity index (χ0) is 20.3. The highest BCUT2D eigenvalue weighted by molar-refractivity contribution is 7.89. The molecule has 0 saturated heterocycles. The minimum Gasteiger partial charge on any atom is -0.497 e.